The van der Waals surface area contributed by atoms with Gasteiger partial charge in [0.15, 0.2) is 5.96 Å². The zero-order chi connectivity index (χ0) is 16.5. The first-order valence-corrected chi connectivity index (χ1v) is 8.19. The van der Waals surface area contributed by atoms with Gasteiger partial charge in [-0.2, -0.15) is 0 Å². The quantitative estimate of drug-likeness (QED) is 0.601. The van der Waals surface area contributed by atoms with Gasteiger partial charge in [0.25, 0.3) is 0 Å². The number of hydrogen-bond donors (Lipinski definition) is 2. The lowest BCUT2D eigenvalue weighted by Crippen LogP contribution is -2.44. The molecule has 1 rings (SSSR count). The van der Waals surface area contributed by atoms with Crippen LogP contribution in [0.15, 0.2) is 29.3 Å². The van der Waals surface area contributed by atoms with E-state index in [1.807, 2.05) is 0 Å². The smallest absolute Gasteiger partial charge is 0.191 e. The molecule has 0 spiro atoms. The molecular formula is C18H32N4. The summed E-state index contributed by atoms with van der Waals surface area (Å²) in [5.41, 5.74) is 2.56. The van der Waals surface area contributed by atoms with E-state index in [-0.39, 0.29) is 0 Å². The fraction of sp³-hybridized carbons (Fsp3) is 0.611. The van der Waals surface area contributed by atoms with E-state index in [0.29, 0.717) is 18.5 Å². The van der Waals surface area contributed by atoms with Gasteiger partial charge >= 0.3 is 0 Å². The lowest BCUT2D eigenvalue weighted by Gasteiger charge is -2.20. The second-order valence-electron chi connectivity index (χ2n) is 6.43. The highest BCUT2D eigenvalue weighted by Gasteiger charge is 2.08. The molecule has 0 heterocycles. The minimum Gasteiger partial charge on any atom is -0.357 e. The molecule has 1 atom stereocenters. The topological polar surface area (TPSA) is 39.7 Å². The largest absolute Gasteiger partial charge is 0.357 e. The molecule has 22 heavy (non-hydrogen) atoms. The molecule has 0 fully saturated rings. The molecule has 0 aliphatic carbocycles. The monoisotopic (exact) mass is 304 g/mol. The Morgan fingerprint density at radius 1 is 1.09 bits per heavy atom. The van der Waals surface area contributed by atoms with E-state index in [0.717, 1.165) is 19.0 Å². The standard InChI is InChI=1S/C18H32N4/c1-7-19-18(21-15(4)14(2)3)20-12-16-8-10-17(11-9-16)13-22(5)6/h8-11,14-15H,7,12-13H2,1-6H3,(H2,19,20,21). The molecule has 0 aliphatic rings. The van der Waals surface area contributed by atoms with Crippen molar-refractivity contribution in [3.05, 3.63) is 35.4 Å². The van der Waals surface area contributed by atoms with Crippen LogP contribution >= 0.6 is 0 Å². The summed E-state index contributed by atoms with van der Waals surface area (Å²) in [7, 11) is 4.17. The Kier molecular flexibility index (Phi) is 7.96. The maximum absolute atomic E-state index is 4.68. The van der Waals surface area contributed by atoms with E-state index >= 15 is 0 Å². The summed E-state index contributed by atoms with van der Waals surface area (Å²) in [6, 6.07) is 9.10. The van der Waals surface area contributed by atoms with E-state index < -0.39 is 0 Å². The van der Waals surface area contributed by atoms with Crippen molar-refractivity contribution in [1.82, 2.24) is 15.5 Å². The molecule has 0 saturated heterocycles. The number of aliphatic imine (C=N–C) groups is 1. The van der Waals surface area contributed by atoms with Gasteiger partial charge in [-0.25, -0.2) is 4.99 Å². The lowest BCUT2D eigenvalue weighted by atomic mass is 10.1. The van der Waals surface area contributed by atoms with Crippen LogP contribution in [0, 0.1) is 5.92 Å². The van der Waals surface area contributed by atoms with Gasteiger partial charge in [-0.1, -0.05) is 38.1 Å². The van der Waals surface area contributed by atoms with Crippen molar-refractivity contribution >= 4 is 5.96 Å². The molecule has 4 heteroatoms. The lowest BCUT2D eigenvalue weighted by molar-refractivity contribution is 0.402. The summed E-state index contributed by atoms with van der Waals surface area (Å²) in [5, 5.41) is 6.77. The molecule has 0 bridgehead atoms. The fourth-order valence-corrected chi connectivity index (χ4v) is 1.99. The normalized spacial score (nSPS) is 13.5. The van der Waals surface area contributed by atoms with E-state index in [2.05, 4.69) is 86.6 Å². The molecule has 0 radical (unpaired) electrons. The van der Waals surface area contributed by atoms with Gasteiger partial charge in [0, 0.05) is 19.1 Å². The molecule has 124 valence electrons. The summed E-state index contributed by atoms with van der Waals surface area (Å²) in [6.45, 7) is 11.2. The molecule has 0 saturated carbocycles. The molecule has 4 nitrogen and oxygen atoms in total. The van der Waals surface area contributed by atoms with E-state index in [4.69, 9.17) is 0 Å². The van der Waals surface area contributed by atoms with Crippen LogP contribution in [-0.2, 0) is 13.1 Å². The number of hydrogen-bond acceptors (Lipinski definition) is 2. The zero-order valence-corrected chi connectivity index (χ0v) is 15.0. The number of nitrogens with zero attached hydrogens (tertiary/aromatic N) is 2. The average Bonchev–Trinajstić information content (AvgIpc) is 2.45. The van der Waals surface area contributed by atoms with Crippen molar-refractivity contribution in [1.29, 1.82) is 0 Å². The Bertz CT molecular complexity index is 449. The first-order chi connectivity index (χ1) is 10.4. The number of guanidine groups is 1. The predicted octanol–water partition coefficient (Wildman–Crippen LogP) is 2.85. The summed E-state index contributed by atoms with van der Waals surface area (Å²) >= 11 is 0. The number of rotatable bonds is 7. The Morgan fingerprint density at radius 2 is 1.68 bits per heavy atom. The van der Waals surface area contributed by atoms with Gasteiger partial charge in [-0.3, -0.25) is 0 Å². The summed E-state index contributed by atoms with van der Waals surface area (Å²) in [5.74, 6) is 1.47. The fourth-order valence-electron chi connectivity index (χ4n) is 1.99. The Balaban J connectivity index is 2.65. The summed E-state index contributed by atoms with van der Waals surface area (Å²) in [4.78, 5) is 6.85. The highest BCUT2D eigenvalue weighted by atomic mass is 15.2. The molecule has 1 unspecified atom stereocenters. The molecule has 2 N–H and O–H groups in total. The highest BCUT2D eigenvalue weighted by molar-refractivity contribution is 5.80. The van der Waals surface area contributed by atoms with Gasteiger partial charge < -0.3 is 15.5 Å². The third-order valence-electron chi connectivity index (χ3n) is 3.65. The van der Waals surface area contributed by atoms with Crippen molar-refractivity contribution in [2.24, 2.45) is 10.9 Å². The molecule has 0 aromatic heterocycles. The second kappa shape index (κ2) is 9.46. The first kappa shape index (κ1) is 18.5. The highest BCUT2D eigenvalue weighted by Crippen LogP contribution is 2.07. The van der Waals surface area contributed by atoms with Crippen LogP contribution in [0.5, 0.6) is 0 Å². The second-order valence-corrected chi connectivity index (χ2v) is 6.43. The van der Waals surface area contributed by atoms with E-state index in [9.17, 15) is 0 Å². The zero-order valence-electron chi connectivity index (χ0n) is 15.0. The number of benzene rings is 1. The predicted molar refractivity (Wildman–Crippen MR) is 96.1 cm³/mol. The van der Waals surface area contributed by atoms with Crippen molar-refractivity contribution in [3.8, 4) is 0 Å². The van der Waals surface area contributed by atoms with Crippen LogP contribution in [0.1, 0.15) is 38.8 Å². The van der Waals surface area contributed by atoms with Gasteiger partial charge in [-0.15, -0.1) is 0 Å². The van der Waals surface area contributed by atoms with Crippen LogP contribution in [0.2, 0.25) is 0 Å². The van der Waals surface area contributed by atoms with Crippen LogP contribution in [0.25, 0.3) is 0 Å². The SMILES string of the molecule is CCNC(=NCc1ccc(CN(C)C)cc1)NC(C)C(C)C. The maximum atomic E-state index is 4.68. The van der Waals surface area contributed by atoms with Crippen molar-refractivity contribution in [2.45, 2.75) is 46.8 Å². The van der Waals surface area contributed by atoms with Crippen LogP contribution in [0.4, 0.5) is 0 Å². The Labute approximate surface area is 136 Å². The van der Waals surface area contributed by atoms with Gasteiger partial charge in [-0.05, 0) is 45.0 Å². The molecule has 1 aromatic rings. The summed E-state index contributed by atoms with van der Waals surface area (Å²) < 4.78 is 0. The molecular weight excluding hydrogens is 272 g/mol. The van der Waals surface area contributed by atoms with Crippen LogP contribution < -0.4 is 10.6 Å². The third kappa shape index (κ3) is 6.94. The van der Waals surface area contributed by atoms with E-state index in [1.165, 1.54) is 11.1 Å². The first-order valence-electron chi connectivity index (χ1n) is 8.19. The van der Waals surface area contributed by atoms with Gasteiger partial charge in [0.1, 0.15) is 0 Å². The molecule has 1 aromatic carbocycles. The average molecular weight is 304 g/mol. The minimum atomic E-state index is 0.403. The Morgan fingerprint density at radius 3 is 2.18 bits per heavy atom. The van der Waals surface area contributed by atoms with Crippen molar-refractivity contribution in [2.75, 3.05) is 20.6 Å². The van der Waals surface area contributed by atoms with E-state index in [1.54, 1.807) is 0 Å². The Hall–Kier alpha value is -1.55. The van der Waals surface area contributed by atoms with Crippen molar-refractivity contribution < 1.29 is 0 Å². The van der Waals surface area contributed by atoms with Gasteiger partial charge in [0.2, 0.25) is 0 Å². The van der Waals surface area contributed by atoms with Crippen LogP contribution in [-0.4, -0.2) is 37.5 Å². The third-order valence-corrected chi connectivity index (χ3v) is 3.65. The van der Waals surface area contributed by atoms with Crippen LogP contribution in [0.3, 0.4) is 0 Å². The molecule has 0 aliphatic heterocycles. The van der Waals surface area contributed by atoms with Crippen molar-refractivity contribution in [3.63, 3.8) is 0 Å². The number of nitrogens with one attached hydrogen (secondary N) is 2. The maximum Gasteiger partial charge on any atom is 0.191 e. The van der Waals surface area contributed by atoms with Gasteiger partial charge in [0.05, 0.1) is 6.54 Å². The summed E-state index contributed by atoms with van der Waals surface area (Å²) in [6.07, 6.45) is 0. The minimum absolute atomic E-state index is 0.403. The molecule has 0 amide bonds.